The quantitative estimate of drug-likeness (QED) is 0.784. The molecule has 88 valence electrons. The van der Waals surface area contributed by atoms with Crippen LogP contribution in [0.2, 0.25) is 0 Å². The summed E-state index contributed by atoms with van der Waals surface area (Å²) < 4.78 is 0. The average Bonchev–Trinajstić information content (AvgIpc) is 2.35. The molecule has 0 aliphatic heterocycles. The molecule has 5 heteroatoms. The fraction of sp³-hybridized carbons (Fsp3) is 0.545. The van der Waals surface area contributed by atoms with Crippen LogP contribution in [0.25, 0.3) is 0 Å². The van der Waals surface area contributed by atoms with E-state index in [1.54, 1.807) is 29.1 Å². The van der Waals surface area contributed by atoms with Gasteiger partial charge in [0.2, 0.25) is 0 Å². The van der Waals surface area contributed by atoms with Gasteiger partial charge in [-0.3, -0.25) is 4.79 Å². The molecule has 1 heterocycles. The van der Waals surface area contributed by atoms with Crippen molar-refractivity contribution in [3.8, 4) is 0 Å². The van der Waals surface area contributed by atoms with E-state index in [1.165, 1.54) is 6.33 Å². The van der Waals surface area contributed by atoms with Gasteiger partial charge in [-0.1, -0.05) is 6.92 Å². The second-order valence-corrected chi connectivity index (χ2v) is 4.47. The van der Waals surface area contributed by atoms with E-state index in [2.05, 4.69) is 16.9 Å². The molecule has 0 fully saturated rings. The van der Waals surface area contributed by atoms with Crippen LogP contribution in [0.5, 0.6) is 0 Å². The summed E-state index contributed by atoms with van der Waals surface area (Å²) in [6.45, 7) is 2.09. The van der Waals surface area contributed by atoms with E-state index in [4.69, 9.17) is 0 Å². The van der Waals surface area contributed by atoms with E-state index in [1.807, 2.05) is 13.3 Å². The van der Waals surface area contributed by atoms with Crippen molar-refractivity contribution in [2.75, 3.05) is 19.1 Å². The molecule has 0 aliphatic carbocycles. The van der Waals surface area contributed by atoms with Crippen molar-refractivity contribution < 1.29 is 4.79 Å². The second-order valence-electron chi connectivity index (χ2n) is 3.56. The number of aromatic nitrogens is 2. The van der Waals surface area contributed by atoms with Gasteiger partial charge >= 0.3 is 0 Å². The minimum atomic E-state index is -0.0125. The molecule has 0 saturated carbocycles. The maximum atomic E-state index is 12.1. The van der Waals surface area contributed by atoms with Crippen LogP contribution in [0.4, 0.5) is 0 Å². The van der Waals surface area contributed by atoms with Gasteiger partial charge in [0.25, 0.3) is 5.91 Å². The third-order valence-corrected chi connectivity index (χ3v) is 3.22. The molecular formula is C11H17N3OS. The first kappa shape index (κ1) is 13.0. The number of carbonyl (C=O) groups is 1. The zero-order valence-electron chi connectivity index (χ0n) is 9.88. The number of nitrogens with zero attached hydrogens (tertiary/aromatic N) is 3. The number of rotatable bonds is 5. The zero-order valence-corrected chi connectivity index (χ0v) is 10.7. The Balaban J connectivity index is 2.73. The lowest BCUT2D eigenvalue weighted by molar-refractivity contribution is 0.0742. The predicted molar refractivity (Wildman–Crippen MR) is 66.6 cm³/mol. The number of hydrogen-bond acceptors (Lipinski definition) is 4. The van der Waals surface area contributed by atoms with Crippen LogP contribution in [-0.4, -0.2) is 45.9 Å². The summed E-state index contributed by atoms with van der Waals surface area (Å²) in [6, 6.07) is 0.266. The van der Waals surface area contributed by atoms with Gasteiger partial charge in [0.05, 0.1) is 5.56 Å². The Morgan fingerprint density at radius 2 is 2.12 bits per heavy atom. The van der Waals surface area contributed by atoms with E-state index in [0.717, 1.165) is 12.2 Å². The number of amides is 1. The number of carbonyl (C=O) groups excluding carboxylic acids is 1. The zero-order chi connectivity index (χ0) is 12.0. The molecule has 1 unspecified atom stereocenters. The van der Waals surface area contributed by atoms with Crippen molar-refractivity contribution in [3.63, 3.8) is 0 Å². The fourth-order valence-electron chi connectivity index (χ4n) is 1.47. The van der Waals surface area contributed by atoms with Crippen molar-refractivity contribution >= 4 is 17.7 Å². The molecule has 0 N–H and O–H groups in total. The summed E-state index contributed by atoms with van der Waals surface area (Å²) in [5.41, 5.74) is 0.546. The van der Waals surface area contributed by atoms with Gasteiger partial charge in [0.15, 0.2) is 0 Å². The molecule has 0 bridgehead atoms. The normalized spacial score (nSPS) is 12.2. The summed E-state index contributed by atoms with van der Waals surface area (Å²) in [5.74, 6) is 0.938. The smallest absolute Gasteiger partial charge is 0.257 e. The van der Waals surface area contributed by atoms with E-state index < -0.39 is 0 Å². The Hall–Kier alpha value is -1.10. The topological polar surface area (TPSA) is 46.1 Å². The lowest BCUT2D eigenvalue weighted by Gasteiger charge is -2.26. The third kappa shape index (κ3) is 3.20. The maximum absolute atomic E-state index is 12.1. The fourth-order valence-corrected chi connectivity index (χ4v) is 2.32. The lowest BCUT2D eigenvalue weighted by atomic mass is 10.2. The van der Waals surface area contributed by atoms with Crippen LogP contribution in [0.3, 0.4) is 0 Å². The first-order valence-corrected chi connectivity index (χ1v) is 6.61. The van der Waals surface area contributed by atoms with Crippen molar-refractivity contribution in [3.05, 3.63) is 24.3 Å². The van der Waals surface area contributed by atoms with Crippen molar-refractivity contribution in [1.82, 2.24) is 14.9 Å². The van der Waals surface area contributed by atoms with E-state index >= 15 is 0 Å². The van der Waals surface area contributed by atoms with Crippen molar-refractivity contribution in [2.45, 2.75) is 19.4 Å². The Kier molecular flexibility index (Phi) is 5.25. The molecular weight excluding hydrogens is 222 g/mol. The first-order valence-electron chi connectivity index (χ1n) is 5.21. The Morgan fingerprint density at radius 1 is 1.50 bits per heavy atom. The third-order valence-electron chi connectivity index (χ3n) is 2.51. The summed E-state index contributed by atoms with van der Waals surface area (Å²) >= 11 is 1.75. The van der Waals surface area contributed by atoms with E-state index in [0.29, 0.717) is 5.56 Å². The van der Waals surface area contributed by atoms with Gasteiger partial charge in [0.1, 0.15) is 6.33 Å². The van der Waals surface area contributed by atoms with E-state index in [-0.39, 0.29) is 11.9 Å². The molecule has 0 saturated heterocycles. The Bertz CT molecular complexity index is 331. The van der Waals surface area contributed by atoms with Crippen LogP contribution in [0.15, 0.2) is 18.7 Å². The van der Waals surface area contributed by atoms with Gasteiger partial charge in [0, 0.05) is 31.2 Å². The molecule has 1 aromatic rings. The highest BCUT2D eigenvalue weighted by atomic mass is 32.2. The minimum absolute atomic E-state index is 0.0125. The highest BCUT2D eigenvalue weighted by Gasteiger charge is 2.19. The molecule has 16 heavy (non-hydrogen) atoms. The van der Waals surface area contributed by atoms with E-state index in [9.17, 15) is 4.79 Å². The maximum Gasteiger partial charge on any atom is 0.257 e. The van der Waals surface area contributed by atoms with Gasteiger partial charge in [-0.25, -0.2) is 9.97 Å². The average molecular weight is 239 g/mol. The summed E-state index contributed by atoms with van der Waals surface area (Å²) in [6.07, 6.45) is 7.54. The second kappa shape index (κ2) is 6.48. The van der Waals surface area contributed by atoms with Crippen LogP contribution in [-0.2, 0) is 0 Å². The van der Waals surface area contributed by atoms with Crippen LogP contribution >= 0.6 is 11.8 Å². The summed E-state index contributed by atoms with van der Waals surface area (Å²) in [4.78, 5) is 21.5. The van der Waals surface area contributed by atoms with Gasteiger partial charge in [-0.05, 0) is 12.7 Å². The molecule has 4 nitrogen and oxygen atoms in total. The monoisotopic (exact) mass is 239 g/mol. The number of hydrogen-bond donors (Lipinski definition) is 0. The SMILES string of the molecule is CCC(CSC)N(C)C(=O)c1cncnc1. The van der Waals surface area contributed by atoms with Gasteiger partial charge in [-0.2, -0.15) is 11.8 Å². The molecule has 1 aromatic heterocycles. The first-order chi connectivity index (χ1) is 7.70. The summed E-state index contributed by atoms with van der Waals surface area (Å²) in [5, 5.41) is 0. The lowest BCUT2D eigenvalue weighted by Crippen LogP contribution is -2.38. The predicted octanol–water partition coefficient (Wildman–Crippen LogP) is 1.69. The number of thioether (sulfide) groups is 1. The highest BCUT2D eigenvalue weighted by Crippen LogP contribution is 2.11. The van der Waals surface area contributed by atoms with Gasteiger partial charge in [-0.15, -0.1) is 0 Å². The standard InChI is InChI=1S/C11H17N3OS/c1-4-10(7-16-3)14(2)11(15)9-5-12-8-13-6-9/h5-6,8,10H,4,7H2,1-3H3. The Morgan fingerprint density at radius 3 is 2.62 bits per heavy atom. The molecule has 1 rings (SSSR count). The van der Waals surface area contributed by atoms with Crippen LogP contribution in [0, 0.1) is 0 Å². The van der Waals surface area contributed by atoms with Crippen molar-refractivity contribution in [1.29, 1.82) is 0 Å². The molecule has 0 radical (unpaired) electrons. The molecule has 1 atom stereocenters. The minimum Gasteiger partial charge on any atom is -0.338 e. The van der Waals surface area contributed by atoms with Gasteiger partial charge < -0.3 is 4.90 Å². The Labute approximate surface area is 100 Å². The molecule has 0 aromatic carbocycles. The largest absolute Gasteiger partial charge is 0.338 e. The van der Waals surface area contributed by atoms with Crippen LogP contribution in [0.1, 0.15) is 23.7 Å². The highest BCUT2D eigenvalue weighted by molar-refractivity contribution is 7.98. The molecule has 1 amide bonds. The summed E-state index contributed by atoms with van der Waals surface area (Å²) in [7, 11) is 1.83. The molecule has 0 aliphatic rings. The van der Waals surface area contributed by atoms with Crippen LogP contribution < -0.4 is 0 Å². The van der Waals surface area contributed by atoms with Crippen molar-refractivity contribution in [2.24, 2.45) is 0 Å². The molecule has 0 spiro atoms.